The van der Waals surface area contributed by atoms with Gasteiger partial charge in [-0.2, -0.15) is 8.42 Å². The smallest absolute Gasteiger partial charge is 0.225 e. The second-order valence-electron chi connectivity index (χ2n) is 2.90. The van der Waals surface area contributed by atoms with E-state index in [-0.39, 0.29) is 0 Å². The molecular formula is C3H12N2O2SSi. The van der Waals surface area contributed by atoms with Crippen LogP contribution < -0.4 is 9.53 Å². The molecule has 0 bridgehead atoms. The van der Waals surface area contributed by atoms with Gasteiger partial charge in [0.15, 0.2) is 0 Å². The third-order valence-corrected chi connectivity index (χ3v) is 4.04. The van der Waals surface area contributed by atoms with Crippen LogP contribution in [0.1, 0.15) is 0 Å². The van der Waals surface area contributed by atoms with E-state index < -0.39 is 18.4 Å². The Morgan fingerprint density at radius 3 is 1.67 bits per heavy atom. The Balaban J connectivity index is 4.07. The Morgan fingerprint density at radius 1 is 1.33 bits per heavy atom. The van der Waals surface area contributed by atoms with Gasteiger partial charge in [-0.1, -0.05) is 19.6 Å². The Labute approximate surface area is 56.7 Å². The van der Waals surface area contributed by atoms with Crippen LogP contribution in [0.4, 0.5) is 0 Å². The number of nitrogens with two attached hydrogens (primary N) is 1. The Kier molecular flexibility index (Phi) is 2.39. The molecule has 0 aliphatic heterocycles. The van der Waals surface area contributed by atoms with Crippen molar-refractivity contribution in [3.8, 4) is 0 Å². The first-order valence-electron chi connectivity index (χ1n) is 2.52. The molecule has 0 aromatic rings. The van der Waals surface area contributed by atoms with Crippen LogP contribution in [0.15, 0.2) is 0 Å². The molecule has 56 valence electrons. The van der Waals surface area contributed by atoms with E-state index in [4.69, 9.17) is 5.14 Å². The van der Waals surface area contributed by atoms with E-state index in [1.54, 1.807) is 0 Å². The average Bonchev–Trinajstić information content (AvgIpc) is 1.14. The van der Waals surface area contributed by atoms with Crippen molar-refractivity contribution in [2.75, 3.05) is 0 Å². The van der Waals surface area contributed by atoms with E-state index in [0.29, 0.717) is 0 Å². The molecule has 0 aliphatic rings. The van der Waals surface area contributed by atoms with Crippen LogP contribution in [-0.4, -0.2) is 16.7 Å². The molecule has 0 aromatic carbocycles. The summed E-state index contributed by atoms with van der Waals surface area (Å²) in [6, 6.07) is 0. The van der Waals surface area contributed by atoms with Crippen molar-refractivity contribution in [3.63, 3.8) is 0 Å². The molecule has 0 amide bonds. The molecule has 0 saturated heterocycles. The van der Waals surface area contributed by atoms with Gasteiger partial charge in [-0.15, -0.1) is 0 Å². The maximum atomic E-state index is 10.3. The standard InChI is InChI=1S/C3H12N2O2SSi/c1-9(2,3)5-8(4,6)7/h5H,1-3H3,(H2,4,6,7). The van der Waals surface area contributed by atoms with Crippen LogP contribution in [0.2, 0.25) is 19.6 Å². The monoisotopic (exact) mass is 168 g/mol. The summed E-state index contributed by atoms with van der Waals surface area (Å²) in [7, 11) is -5.23. The topological polar surface area (TPSA) is 72.2 Å². The minimum atomic E-state index is -3.47. The lowest BCUT2D eigenvalue weighted by Crippen LogP contribution is -2.48. The van der Waals surface area contributed by atoms with Crippen LogP contribution in [0.5, 0.6) is 0 Å². The molecule has 9 heavy (non-hydrogen) atoms. The third kappa shape index (κ3) is 8.09. The third-order valence-electron chi connectivity index (χ3n) is 0.448. The minimum Gasteiger partial charge on any atom is -0.225 e. The summed E-state index contributed by atoms with van der Waals surface area (Å²) in [5, 5.41) is 4.72. The van der Waals surface area contributed by atoms with E-state index in [1.807, 2.05) is 19.6 Å². The van der Waals surface area contributed by atoms with Crippen molar-refractivity contribution < 1.29 is 8.42 Å². The molecule has 0 radical (unpaired) electrons. The molecule has 0 spiro atoms. The fraction of sp³-hybridized carbons (Fsp3) is 1.00. The lowest BCUT2D eigenvalue weighted by Gasteiger charge is -2.14. The van der Waals surface area contributed by atoms with Crippen molar-refractivity contribution in [2.45, 2.75) is 19.6 Å². The number of nitrogens with one attached hydrogen (secondary N) is 1. The van der Waals surface area contributed by atoms with Gasteiger partial charge in [0, 0.05) is 0 Å². The van der Waals surface area contributed by atoms with Crippen LogP contribution in [-0.2, 0) is 10.2 Å². The lowest BCUT2D eigenvalue weighted by molar-refractivity contribution is 0.594. The van der Waals surface area contributed by atoms with Gasteiger partial charge in [0.1, 0.15) is 8.24 Å². The summed E-state index contributed by atoms with van der Waals surface area (Å²) < 4.78 is 23.0. The second-order valence-corrected chi connectivity index (χ2v) is 9.30. The zero-order chi connectivity index (χ0) is 7.71. The zero-order valence-corrected chi connectivity index (χ0v) is 7.62. The molecule has 0 aliphatic carbocycles. The molecule has 0 unspecified atom stereocenters. The van der Waals surface area contributed by atoms with Gasteiger partial charge in [0.05, 0.1) is 0 Å². The van der Waals surface area contributed by atoms with Crippen LogP contribution in [0.25, 0.3) is 0 Å². The molecular weight excluding hydrogens is 156 g/mol. The van der Waals surface area contributed by atoms with E-state index >= 15 is 0 Å². The van der Waals surface area contributed by atoms with Crippen molar-refractivity contribution >= 4 is 18.4 Å². The zero-order valence-electron chi connectivity index (χ0n) is 5.80. The van der Waals surface area contributed by atoms with Crippen molar-refractivity contribution in [2.24, 2.45) is 5.14 Å². The Morgan fingerprint density at radius 2 is 1.67 bits per heavy atom. The largest absolute Gasteiger partial charge is 0.268 e. The average molecular weight is 168 g/mol. The highest BCUT2D eigenvalue weighted by atomic mass is 32.2. The Bertz CT molecular complexity index is 180. The second kappa shape index (κ2) is 2.37. The minimum absolute atomic E-state index is 1.76. The maximum Gasteiger partial charge on any atom is 0.268 e. The highest BCUT2D eigenvalue weighted by molar-refractivity contribution is 7.88. The summed E-state index contributed by atoms with van der Waals surface area (Å²) >= 11 is 0. The van der Waals surface area contributed by atoms with Gasteiger partial charge >= 0.3 is 0 Å². The maximum absolute atomic E-state index is 10.3. The van der Waals surface area contributed by atoms with E-state index in [9.17, 15) is 8.42 Å². The van der Waals surface area contributed by atoms with Crippen molar-refractivity contribution in [3.05, 3.63) is 0 Å². The van der Waals surface area contributed by atoms with Crippen molar-refractivity contribution in [1.82, 2.24) is 4.39 Å². The molecule has 0 atom stereocenters. The fourth-order valence-electron chi connectivity index (χ4n) is 0.427. The summed E-state index contributed by atoms with van der Waals surface area (Å²) in [4.78, 5) is 0. The molecule has 0 aromatic heterocycles. The predicted molar refractivity (Wildman–Crippen MR) is 39.6 cm³/mol. The van der Waals surface area contributed by atoms with Gasteiger partial charge in [-0.05, 0) is 0 Å². The lowest BCUT2D eigenvalue weighted by atomic mass is 11.8. The summed E-state index contributed by atoms with van der Waals surface area (Å²) in [6.07, 6.45) is 0. The quantitative estimate of drug-likeness (QED) is 0.551. The van der Waals surface area contributed by atoms with Gasteiger partial charge in [-0.3, -0.25) is 0 Å². The van der Waals surface area contributed by atoms with E-state index in [2.05, 4.69) is 4.39 Å². The predicted octanol–water partition coefficient (Wildman–Crippen LogP) is -0.386. The number of rotatable bonds is 2. The first-order valence-corrected chi connectivity index (χ1v) is 7.57. The normalized spacial score (nSPS) is 13.8. The van der Waals surface area contributed by atoms with Crippen LogP contribution >= 0.6 is 0 Å². The number of hydrogen-bond acceptors (Lipinski definition) is 2. The van der Waals surface area contributed by atoms with Gasteiger partial charge in [0.2, 0.25) is 0 Å². The summed E-state index contributed by atoms with van der Waals surface area (Å²) in [5.74, 6) is 0. The van der Waals surface area contributed by atoms with Gasteiger partial charge < -0.3 is 0 Å². The molecule has 6 heteroatoms. The van der Waals surface area contributed by atoms with Crippen molar-refractivity contribution in [1.29, 1.82) is 0 Å². The van der Waals surface area contributed by atoms with Gasteiger partial charge in [0.25, 0.3) is 10.2 Å². The summed E-state index contributed by atoms with van der Waals surface area (Å²) in [6.45, 7) is 5.58. The van der Waals surface area contributed by atoms with E-state index in [0.717, 1.165) is 0 Å². The molecule has 4 nitrogen and oxygen atoms in total. The molecule has 0 fully saturated rings. The van der Waals surface area contributed by atoms with Gasteiger partial charge in [-0.25, -0.2) is 9.53 Å². The van der Waals surface area contributed by atoms with Crippen LogP contribution in [0.3, 0.4) is 0 Å². The SMILES string of the molecule is C[Si](C)(C)NS(N)(=O)=O. The highest BCUT2D eigenvalue weighted by Crippen LogP contribution is 1.93. The first-order chi connectivity index (χ1) is 3.71. The summed E-state index contributed by atoms with van der Waals surface area (Å²) in [5.41, 5.74) is 0. The first kappa shape index (κ1) is 9.09. The molecule has 0 rings (SSSR count). The highest BCUT2D eigenvalue weighted by Gasteiger charge is 2.17. The molecule has 0 heterocycles. The molecule has 0 saturated carbocycles. The van der Waals surface area contributed by atoms with Crippen LogP contribution in [0, 0.1) is 0 Å². The molecule has 3 N–H and O–H groups in total. The number of hydrogen-bond donors (Lipinski definition) is 2. The Hall–Kier alpha value is 0.0869. The fourth-order valence-corrected chi connectivity index (χ4v) is 3.84. The van der Waals surface area contributed by atoms with E-state index in [1.165, 1.54) is 0 Å².